The van der Waals surface area contributed by atoms with Gasteiger partial charge in [-0.25, -0.2) is 8.42 Å². The van der Waals surface area contributed by atoms with Crippen LogP contribution in [-0.4, -0.2) is 21.4 Å². The molecule has 1 amide bonds. The number of hydrogen-bond acceptors (Lipinski definition) is 3. The molecule has 3 aromatic carbocycles. The minimum atomic E-state index is -3.73. The second kappa shape index (κ2) is 8.90. The summed E-state index contributed by atoms with van der Waals surface area (Å²) in [7, 11) is -2.27. The first-order chi connectivity index (χ1) is 14.2. The van der Waals surface area contributed by atoms with E-state index in [1.807, 2.05) is 38.1 Å². The molecule has 0 fully saturated rings. The Morgan fingerprint density at radius 1 is 1.00 bits per heavy atom. The molecular weight excluding hydrogens is 420 g/mol. The molecule has 1 unspecified atom stereocenters. The molecular formula is C23H23ClN2O3S. The molecule has 0 spiro atoms. The van der Waals surface area contributed by atoms with Gasteiger partial charge in [0.05, 0.1) is 27.2 Å². The van der Waals surface area contributed by atoms with Crippen LogP contribution in [-0.2, 0) is 10.0 Å². The number of carbonyl (C=O) groups is 1. The van der Waals surface area contributed by atoms with Crippen LogP contribution < -0.4 is 9.62 Å². The maximum absolute atomic E-state index is 12.8. The fourth-order valence-corrected chi connectivity index (χ4v) is 4.46. The lowest BCUT2D eigenvalue weighted by molar-refractivity contribution is 0.0940. The molecule has 0 aliphatic carbocycles. The lowest BCUT2D eigenvalue weighted by atomic mass is 10.1. The molecule has 156 valence electrons. The van der Waals surface area contributed by atoms with Crippen molar-refractivity contribution in [1.82, 2.24) is 5.32 Å². The number of rotatable bonds is 6. The van der Waals surface area contributed by atoms with Crippen molar-refractivity contribution in [3.8, 4) is 0 Å². The van der Waals surface area contributed by atoms with Crippen molar-refractivity contribution in [3.63, 3.8) is 0 Å². The third-order valence-electron chi connectivity index (χ3n) is 4.89. The smallest absolute Gasteiger partial charge is 0.264 e. The predicted molar refractivity (Wildman–Crippen MR) is 121 cm³/mol. The zero-order chi connectivity index (χ0) is 21.9. The molecule has 3 rings (SSSR count). The Morgan fingerprint density at radius 3 is 2.23 bits per heavy atom. The highest BCUT2D eigenvalue weighted by molar-refractivity contribution is 7.92. The normalized spacial score (nSPS) is 12.3. The van der Waals surface area contributed by atoms with Gasteiger partial charge in [0.1, 0.15) is 0 Å². The van der Waals surface area contributed by atoms with Gasteiger partial charge >= 0.3 is 0 Å². The lowest BCUT2D eigenvalue weighted by Crippen LogP contribution is -2.28. The van der Waals surface area contributed by atoms with Gasteiger partial charge in [0, 0.05) is 7.05 Å². The van der Waals surface area contributed by atoms with Crippen LogP contribution in [0.15, 0.2) is 77.7 Å². The molecule has 7 heteroatoms. The van der Waals surface area contributed by atoms with E-state index in [0.29, 0.717) is 5.69 Å². The van der Waals surface area contributed by atoms with Gasteiger partial charge in [-0.05, 0) is 49.7 Å². The topological polar surface area (TPSA) is 66.5 Å². The Bertz CT molecular complexity index is 1150. The largest absolute Gasteiger partial charge is 0.345 e. The van der Waals surface area contributed by atoms with E-state index in [1.54, 1.807) is 24.3 Å². The fourth-order valence-electron chi connectivity index (χ4n) is 2.99. The summed E-state index contributed by atoms with van der Waals surface area (Å²) in [6.07, 6.45) is 0. The van der Waals surface area contributed by atoms with Crippen LogP contribution in [0.2, 0.25) is 5.02 Å². The van der Waals surface area contributed by atoms with Crippen LogP contribution in [0.1, 0.15) is 34.5 Å². The summed E-state index contributed by atoms with van der Waals surface area (Å²) in [5, 5.41) is 3.10. The Balaban J connectivity index is 1.79. The number of hydrogen-bond donors (Lipinski definition) is 1. The molecule has 30 heavy (non-hydrogen) atoms. The van der Waals surface area contributed by atoms with Crippen molar-refractivity contribution in [1.29, 1.82) is 0 Å². The number of halogens is 1. The van der Waals surface area contributed by atoms with Gasteiger partial charge in [-0.3, -0.25) is 9.10 Å². The first kappa shape index (κ1) is 21.9. The monoisotopic (exact) mass is 442 g/mol. The van der Waals surface area contributed by atoms with Gasteiger partial charge < -0.3 is 5.32 Å². The summed E-state index contributed by atoms with van der Waals surface area (Å²) < 4.78 is 26.7. The van der Waals surface area contributed by atoms with Crippen molar-refractivity contribution < 1.29 is 13.2 Å². The Labute approximate surface area is 182 Å². The molecule has 5 nitrogen and oxygen atoms in total. The number of sulfonamides is 1. The van der Waals surface area contributed by atoms with Crippen molar-refractivity contribution in [2.45, 2.75) is 24.8 Å². The molecule has 0 heterocycles. The zero-order valence-corrected chi connectivity index (χ0v) is 18.5. The van der Waals surface area contributed by atoms with E-state index >= 15 is 0 Å². The molecule has 0 saturated heterocycles. The number of aryl methyl sites for hydroxylation is 1. The number of nitrogens with zero attached hydrogens (tertiary/aromatic N) is 1. The van der Waals surface area contributed by atoms with Crippen molar-refractivity contribution in [2.24, 2.45) is 0 Å². The summed E-state index contributed by atoms with van der Waals surface area (Å²) in [5.74, 6) is -0.326. The van der Waals surface area contributed by atoms with Crippen LogP contribution in [0.5, 0.6) is 0 Å². The number of amides is 1. The van der Waals surface area contributed by atoms with Gasteiger partial charge in [0.15, 0.2) is 0 Å². The number of carbonyl (C=O) groups excluding carboxylic acids is 1. The summed E-state index contributed by atoms with van der Waals surface area (Å²) in [6, 6.07) is 20.4. The molecule has 1 N–H and O–H groups in total. The number of nitrogens with one attached hydrogen (secondary N) is 1. The standard InChI is InChI=1S/C23H23ClN2O3S/c1-16-9-11-18(12-10-16)17(2)25-23(27)21-14-13-19(15-22(21)24)26(3)30(28,29)20-7-5-4-6-8-20/h4-15,17H,1-3H3,(H,25,27). The van der Waals surface area contributed by atoms with Gasteiger partial charge in [-0.1, -0.05) is 59.6 Å². The van der Waals surface area contributed by atoms with Crippen LogP contribution in [0.3, 0.4) is 0 Å². The van der Waals surface area contributed by atoms with E-state index in [1.165, 1.54) is 31.3 Å². The fraction of sp³-hybridized carbons (Fsp3) is 0.174. The molecule has 0 aromatic heterocycles. The summed E-state index contributed by atoms with van der Waals surface area (Å²) in [6.45, 7) is 3.90. The summed E-state index contributed by atoms with van der Waals surface area (Å²) >= 11 is 6.33. The zero-order valence-electron chi connectivity index (χ0n) is 17.0. The Kier molecular flexibility index (Phi) is 6.48. The van der Waals surface area contributed by atoms with E-state index in [4.69, 9.17) is 11.6 Å². The maximum atomic E-state index is 12.8. The van der Waals surface area contributed by atoms with E-state index < -0.39 is 10.0 Å². The van der Waals surface area contributed by atoms with Crippen LogP contribution in [0, 0.1) is 6.92 Å². The van der Waals surface area contributed by atoms with Crippen LogP contribution in [0.4, 0.5) is 5.69 Å². The maximum Gasteiger partial charge on any atom is 0.264 e. The van der Waals surface area contributed by atoms with Crippen LogP contribution >= 0.6 is 11.6 Å². The highest BCUT2D eigenvalue weighted by Gasteiger charge is 2.22. The van der Waals surface area contributed by atoms with Crippen molar-refractivity contribution in [3.05, 3.63) is 94.5 Å². The molecule has 0 radical (unpaired) electrons. The molecule has 0 aliphatic heterocycles. The predicted octanol–water partition coefficient (Wildman–Crippen LogP) is 4.96. The molecule has 0 bridgehead atoms. The Hall–Kier alpha value is -2.83. The molecule has 3 aromatic rings. The van der Waals surface area contributed by atoms with E-state index in [-0.39, 0.29) is 27.4 Å². The number of anilines is 1. The molecule has 0 saturated carbocycles. The van der Waals surface area contributed by atoms with Gasteiger partial charge in [-0.2, -0.15) is 0 Å². The quantitative estimate of drug-likeness (QED) is 0.586. The van der Waals surface area contributed by atoms with E-state index in [0.717, 1.165) is 15.4 Å². The van der Waals surface area contributed by atoms with Crippen molar-refractivity contribution >= 4 is 33.2 Å². The van der Waals surface area contributed by atoms with E-state index in [2.05, 4.69) is 5.32 Å². The summed E-state index contributed by atoms with van der Waals surface area (Å²) in [5.41, 5.74) is 2.78. The minimum absolute atomic E-state index is 0.177. The van der Waals surface area contributed by atoms with Gasteiger partial charge in [-0.15, -0.1) is 0 Å². The highest BCUT2D eigenvalue weighted by atomic mass is 35.5. The second-order valence-electron chi connectivity index (χ2n) is 7.06. The van der Waals surface area contributed by atoms with Gasteiger partial charge in [0.2, 0.25) is 0 Å². The van der Waals surface area contributed by atoms with E-state index in [9.17, 15) is 13.2 Å². The minimum Gasteiger partial charge on any atom is -0.345 e. The van der Waals surface area contributed by atoms with Gasteiger partial charge in [0.25, 0.3) is 15.9 Å². The average Bonchev–Trinajstić information content (AvgIpc) is 2.74. The van der Waals surface area contributed by atoms with Crippen LogP contribution in [0.25, 0.3) is 0 Å². The number of benzene rings is 3. The summed E-state index contributed by atoms with van der Waals surface area (Å²) in [4.78, 5) is 12.9. The first-order valence-electron chi connectivity index (χ1n) is 9.41. The Morgan fingerprint density at radius 2 is 1.63 bits per heavy atom. The molecule has 0 aliphatic rings. The lowest BCUT2D eigenvalue weighted by Gasteiger charge is -2.21. The SMILES string of the molecule is Cc1ccc(C(C)NC(=O)c2ccc(N(C)S(=O)(=O)c3ccccc3)cc2Cl)cc1. The molecule has 1 atom stereocenters. The second-order valence-corrected chi connectivity index (χ2v) is 9.43. The average molecular weight is 443 g/mol. The third kappa shape index (κ3) is 4.66. The highest BCUT2D eigenvalue weighted by Crippen LogP contribution is 2.27. The third-order valence-corrected chi connectivity index (χ3v) is 7.00. The van der Waals surface area contributed by atoms with Crippen molar-refractivity contribution in [2.75, 3.05) is 11.4 Å². The first-order valence-corrected chi connectivity index (χ1v) is 11.2.